The first-order valence-corrected chi connectivity index (χ1v) is 3.81. The van der Waals surface area contributed by atoms with Crippen LogP contribution in [-0.2, 0) is 6.32 Å². The van der Waals surface area contributed by atoms with Gasteiger partial charge in [-0.2, -0.15) is 0 Å². The van der Waals surface area contributed by atoms with Crippen LogP contribution in [0.15, 0.2) is 30.5 Å². The van der Waals surface area contributed by atoms with Gasteiger partial charge in [0.15, 0.2) is 0 Å². The van der Waals surface area contributed by atoms with E-state index in [1.165, 1.54) is 0 Å². The van der Waals surface area contributed by atoms with Crippen LogP contribution in [0.4, 0.5) is 0 Å². The maximum atomic E-state index is 5.42. The lowest BCUT2D eigenvalue weighted by atomic mass is 10.0. The van der Waals surface area contributed by atoms with Gasteiger partial charge in [0.1, 0.15) is 5.82 Å². The van der Waals surface area contributed by atoms with Crippen LogP contribution in [0.5, 0.6) is 0 Å². The Bertz CT molecular complexity index is 400. The van der Waals surface area contributed by atoms with Crippen molar-refractivity contribution >= 4 is 18.7 Å². The molecule has 0 N–H and O–H groups in total. The molecular formula is C9H7BN2. The minimum absolute atomic E-state index is 0.394. The molecule has 2 radical (unpaired) electrons. The molecule has 0 fully saturated rings. The van der Waals surface area contributed by atoms with Crippen molar-refractivity contribution in [3.8, 4) is 0 Å². The first-order valence-electron chi connectivity index (χ1n) is 3.81. The fourth-order valence-electron chi connectivity index (χ4n) is 1.11. The summed E-state index contributed by atoms with van der Waals surface area (Å²) in [6.45, 7) is 0. The molecule has 12 heavy (non-hydrogen) atoms. The fourth-order valence-corrected chi connectivity index (χ4v) is 1.11. The average Bonchev–Trinajstić information content (AvgIpc) is 2.17. The van der Waals surface area contributed by atoms with Crippen molar-refractivity contribution < 1.29 is 0 Å². The van der Waals surface area contributed by atoms with E-state index >= 15 is 0 Å². The van der Waals surface area contributed by atoms with E-state index in [1.807, 2.05) is 24.3 Å². The summed E-state index contributed by atoms with van der Waals surface area (Å²) in [6, 6.07) is 7.86. The smallest absolute Gasteiger partial charge is 0.120 e. The van der Waals surface area contributed by atoms with Crippen molar-refractivity contribution in [2.45, 2.75) is 6.32 Å². The number of benzene rings is 1. The second-order valence-corrected chi connectivity index (χ2v) is 2.55. The van der Waals surface area contributed by atoms with Gasteiger partial charge in [-0.05, 0) is 12.4 Å². The zero-order chi connectivity index (χ0) is 8.39. The fraction of sp³-hybridized carbons (Fsp3) is 0.111. The third-order valence-corrected chi connectivity index (χ3v) is 1.72. The first-order chi connectivity index (χ1) is 5.90. The number of hydrogen-bond donors (Lipinski definition) is 0. The standard InChI is InChI=1S/C9H7BN2/c10-5-9-11-6-7-3-1-2-4-8(7)12-9/h1-4,6H,5H2. The van der Waals surface area contributed by atoms with E-state index in [2.05, 4.69) is 9.97 Å². The molecule has 2 nitrogen and oxygen atoms in total. The predicted molar refractivity (Wildman–Crippen MR) is 49.0 cm³/mol. The maximum absolute atomic E-state index is 5.42. The van der Waals surface area contributed by atoms with E-state index < -0.39 is 0 Å². The summed E-state index contributed by atoms with van der Waals surface area (Å²) in [5.41, 5.74) is 0.952. The molecule has 0 bridgehead atoms. The van der Waals surface area contributed by atoms with Gasteiger partial charge >= 0.3 is 0 Å². The summed E-state index contributed by atoms with van der Waals surface area (Å²) in [5, 5.41) is 1.05. The van der Waals surface area contributed by atoms with Crippen LogP contribution in [0.1, 0.15) is 5.82 Å². The Kier molecular flexibility index (Phi) is 1.78. The van der Waals surface area contributed by atoms with Gasteiger partial charge in [-0.3, -0.25) is 0 Å². The number of fused-ring (bicyclic) bond motifs is 1. The third kappa shape index (κ3) is 1.18. The Hall–Kier alpha value is -1.38. The second-order valence-electron chi connectivity index (χ2n) is 2.55. The van der Waals surface area contributed by atoms with Crippen molar-refractivity contribution in [2.75, 3.05) is 0 Å². The molecule has 0 saturated heterocycles. The van der Waals surface area contributed by atoms with Gasteiger partial charge in [0.05, 0.1) is 13.4 Å². The summed E-state index contributed by atoms with van der Waals surface area (Å²) in [6.07, 6.45) is 2.19. The molecular weight excluding hydrogens is 147 g/mol. The largest absolute Gasteiger partial charge is 0.242 e. The van der Waals surface area contributed by atoms with E-state index in [0.717, 1.165) is 10.9 Å². The molecule has 0 unspecified atom stereocenters. The summed E-state index contributed by atoms with van der Waals surface area (Å²) in [5.74, 6) is 0.689. The zero-order valence-electron chi connectivity index (χ0n) is 6.57. The highest BCUT2D eigenvalue weighted by Crippen LogP contribution is 2.08. The number of nitrogens with zero attached hydrogens (tertiary/aromatic N) is 2. The summed E-state index contributed by atoms with van der Waals surface area (Å²) >= 11 is 0. The Labute approximate surface area is 72.1 Å². The molecule has 0 saturated carbocycles. The summed E-state index contributed by atoms with van der Waals surface area (Å²) in [7, 11) is 5.42. The van der Waals surface area contributed by atoms with Crippen molar-refractivity contribution in [3.05, 3.63) is 36.3 Å². The molecule has 0 amide bonds. The molecule has 3 heteroatoms. The van der Waals surface area contributed by atoms with E-state index in [-0.39, 0.29) is 0 Å². The van der Waals surface area contributed by atoms with Crippen LogP contribution >= 0.6 is 0 Å². The van der Waals surface area contributed by atoms with Crippen LogP contribution in [0.3, 0.4) is 0 Å². The van der Waals surface area contributed by atoms with Gasteiger partial charge in [0.2, 0.25) is 0 Å². The van der Waals surface area contributed by atoms with Gasteiger partial charge in [-0.1, -0.05) is 18.2 Å². The number of hydrogen-bond acceptors (Lipinski definition) is 2. The number of para-hydroxylation sites is 1. The Morgan fingerprint density at radius 2 is 2.08 bits per heavy atom. The molecule has 0 aliphatic rings. The van der Waals surface area contributed by atoms with Gasteiger partial charge in [-0.25, -0.2) is 9.97 Å². The molecule has 0 aliphatic carbocycles. The monoisotopic (exact) mass is 154 g/mol. The highest BCUT2D eigenvalue weighted by atomic mass is 14.9. The molecule has 1 aromatic heterocycles. The Morgan fingerprint density at radius 1 is 1.25 bits per heavy atom. The normalized spacial score (nSPS) is 10.3. The molecule has 0 aliphatic heterocycles. The highest BCUT2D eigenvalue weighted by Gasteiger charge is 1.95. The van der Waals surface area contributed by atoms with Crippen LogP contribution in [-0.4, -0.2) is 17.8 Å². The molecule has 2 rings (SSSR count). The van der Waals surface area contributed by atoms with E-state index in [4.69, 9.17) is 7.85 Å². The van der Waals surface area contributed by atoms with E-state index in [9.17, 15) is 0 Å². The van der Waals surface area contributed by atoms with E-state index in [0.29, 0.717) is 12.1 Å². The maximum Gasteiger partial charge on any atom is 0.120 e. The van der Waals surface area contributed by atoms with Crippen molar-refractivity contribution in [1.82, 2.24) is 9.97 Å². The van der Waals surface area contributed by atoms with Crippen LogP contribution in [0.25, 0.3) is 10.9 Å². The molecule has 56 valence electrons. The van der Waals surface area contributed by atoms with Gasteiger partial charge in [-0.15, -0.1) is 0 Å². The predicted octanol–water partition coefficient (Wildman–Crippen LogP) is 1.30. The Morgan fingerprint density at radius 3 is 2.92 bits per heavy atom. The van der Waals surface area contributed by atoms with Gasteiger partial charge in [0.25, 0.3) is 0 Å². The molecule has 0 atom stereocenters. The minimum atomic E-state index is 0.394. The lowest BCUT2D eigenvalue weighted by Crippen LogP contribution is -1.93. The molecule has 1 heterocycles. The first kappa shape index (κ1) is 7.28. The lowest BCUT2D eigenvalue weighted by molar-refractivity contribution is 1.06. The summed E-state index contributed by atoms with van der Waals surface area (Å²) in [4.78, 5) is 8.35. The average molecular weight is 154 g/mol. The number of aromatic nitrogens is 2. The number of rotatable bonds is 1. The quantitative estimate of drug-likeness (QED) is 0.578. The van der Waals surface area contributed by atoms with Crippen molar-refractivity contribution in [3.63, 3.8) is 0 Å². The van der Waals surface area contributed by atoms with Crippen molar-refractivity contribution in [2.24, 2.45) is 0 Å². The Balaban J connectivity index is 2.67. The second kappa shape index (κ2) is 2.93. The summed E-state index contributed by atoms with van der Waals surface area (Å²) < 4.78 is 0. The molecule has 1 aromatic carbocycles. The van der Waals surface area contributed by atoms with Crippen LogP contribution < -0.4 is 0 Å². The third-order valence-electron chi connectivity index (χ3n) is 1.72. The minimum Gasteiger partial charge on any atom is -0.242 e. The van der Waals surface area contributed by atoms with Gasteiger partial charge < -0.3 is 0 Å². The van der Waals surface area contributed by atoms with Crippen molar-refractivity contribution in [1.29, 1.82) is 0 Å². The SMILES string of the molecule is [B]Cc1ncc2ccccc2n1. The topological polar surface area (TPSA) is 25.8 Å². The molecule has 0 spiro atoms. The van der Waals surface area contributed by atoms with Crippen LogP contribution in [0.2, 0.25) is 0 Å². The molecule has 2 aromatic rings. The zero-order valence-corrected chi connectivity index (χ0v) is 6.57. The highest BCUT2D eigenvalue weighted by molar-refractivity contribution is 6.08. The van der Waals surface area contributed by atoms with Gasteiger partial charge in [0, 0.05) is 11.6 Å². The van der Waals surface area contributed by atoms with Crippen LogP contribution in [0, 0.1) is 0 Å². The lowest BCUT2D eigenvalue weighted by Gasteiger charge is -1.97. The van der Waals surface area contributed by atoms with E-state index in [1.54, 1.807) is 6.20 Å².